The number of H-pyrrole nitrogens is 2. The molecule has 28 heavy (non-hydrogen) atoms. The molecule has 2 N–H and O–H groups in total. The number of rotatable bonds is 2. The van der Waals surface area contributed by atoms with Crippen LogP contribution >= 0.6 is 0 Å². The molecule has 1 fully saturated rings. The molecule has 0 bridgehead atoms. The van der Waals surface area contributed by atoms with Crippen molar-refractivity contribution in [3.8, 4) is 5.69 Å². The largest absolute Gasteiger partial charge is 0.285 e. The van der Waals surface area contributed by atoms with E-state index in [-0.39, 0.29) is 22.8 Å². The van der Waals surface area contributed by atoms with Crippen molar-refractivity contribution in [2.75, 3.05) is 0 Å². The summed E-state index contributed by atoms with van der Waals surface area (Å²) in [6, 6.07) is 7.07. The topological polar surface area (TPSA) is 92.2 Å². The lowest BCUT2D eigenvalue weighted by molar-refractivity contribution is 0.603. The Morgan fingerprint density at radius 1 is 1.21 bits per heavy atom. The number of halogens is 1. The standard InChI is InChI=1S/C20H15FN6O/c1-9-16-11-7-13(21)17(10-5-6-10)23-19(11)27(20(28)18(16)26-24-9)15-4-2-3-14-12(15)8-22-25-14/h2-4,7-8,10H,5-6H2,1H3,(H,22,25)(H,24,26). The number of aromatic amines is 2. The summed E-state index contributed by atoms with van der Waals surface area (Å²) in [4.78, 5) is 18.1. The first-order valence-corrected chi connectivity index (χ1v) is 9.16. The van der Waals surface area contributed by atoms with E-state index >= 15 is 0 Å². The molecule has 4 heterocycles. The fourth-order valence-electron chi connectivity index (χ4n) is 3.98. The quantitative estimate of drug-likeness (QED) is 0.495. The first-order valence-electron chi connectivity index (χ1n) is 9.16. The third kappa shape index (κ3) is 1.97. The van der Waals surface area contributed by atoms with Crippen LogP contribution in [-0.4, -0.2) is 29.9 Å². The lowest BCUT2D eigenvalue weighted by Crippen LogP contribution is -2.21. The highest BCUT2D eigenvalue weighted by Gasteiger charge is 2.30. The van der Waals surface area contributed by atoms with Gasteiger partial charge in [0.05, 0.1) is 23.1 Å². The summed E-state index contributed by atoms with van der Waals surface area (Å²) < 4.78 is 16.3. The molecule has 138 valence electrons. The smallest absolute Gasteiger partial charge is 0.281 e. The lowest BCUT2D eigenvalue weighted by Gasteiger charge is -2.13. The van der Waals surface area contributed by atoms with Gasteiger partial charge in [-0.3, -0.25) is 19.6 Å². The number of nitrogens with zero attached hydrogens (tertiary/aromatic N) is 4. The van der Waals surface area contributed by atoms with Gasteiger partial charge in [-0.15, -0.1) is 0 Å². The van der Waals surface area contributed by atoms with Crippen LogP contribution in [0.3, 0.4) is 0 Å². The highest BCUT2D eigenvalue weighted by molar-refractivity contribution is 6.05. The minimum absolute atomic E-state index is 0.124. The molecule has 0 saturated heterocycles. The number of pyridine rings is 2. The van der Waals surface area contributed by atoms with Crippen molar-refractivity contribution in [3.63, 3.8) is 0 Å². The van der Waals surface area contributed by atoms with Crippen LogP contribution in [0, 0.1) is 12.7 Å². The van der Waals surface area contributed by atoms with Gasteiger partial charge < -0.3 is 0 Å². The Kier molecular flexibility index (Phi) is 2.91. The van der Waals surface area contributed by atoms with E-state index in [4.69, 9.17) is 0 Å². The third-order valence-corrected chi connectivity index (χ3v) is 5.48. The van der Waals surface area contributed by atoms with Crippen LogP contribution in [0.25, 0.3) is 38.5 Å². The van der Waals surface area contributed by atoms with E-state index in [1.807, 2.05) is 25.1 Å². The summed E-state index contributed by atoms with van der Waals surface area (Å²) in [5.41, 5.74) is 3.02. The molecule has 6 rings (SSSR count). The highest BCUT2D eigenvalue weighted by Crippen LogP contribution is 2.41. The molecule has 8 heteroatoms. The third-order valence-electron chi connectivity index (χ3n) is 5.48. The number of fused-ring (bicyclic) bond motifs is 4. The summed E-state index contributed by atoms with van der Waals surface area (Å²) in [5.74, 6) is -0.206. The molecule has 4 aromatic heterocycles. The van der Waals surface area contributed by atoms with Crippen molar-refractivity contribution in [3.05, 3.63) is 58.0 Å². The zero-order valence-corrected chi connectivity index (χ0v) is 15.0. The minimum atomic E-state index is -0.330. The van der Waals surface area contributed by atoms with Crippen LogP contribution in [0.5, 0.6) is 0 Å². The van der Waals surface area contributed by atoms with E-state index in [1.165, 1.54) is 10.6 Å². The molecule has 0 aliphatic heterocycles. The molecule has 1 aliphatic rings. The van der Waals surface area contributed by atoms with Gasteiger partial charge in [0.2, 0.25) is 0 Å². The Labute approximate surface area is 157 Å². The van der Waals surface area contributed by atoms with Crippen LogP contribution in [-0.2, 0) is 0 Å². The predicted molar refractivity (Wildman–Crippen MR) is 103 cm³/mol. The summed E-state index contributed by atoms with van der Waals surface area (Å²) in [5, 5.41) is 16.0. The van der Waals surface area contributed by atoms with Gasteiger partial charge in [0.1, 0.15) is 11.5 Å². The fourth-order valence-corrected chi connectivity index (χ4v) is 3.98. The Morgan fingerprint density at radius 2 is 2.07 bits per heavy atom. The molecule has 0 atom stereocenters. The molecule has 0 radical (unpaired) electrons. The molecular formula is C20H15FN6O. The van der Waals surface area contributed by atoms with Crippen molar-refractivity contribution in [2.45, 2.75) is 25.7 Å². The second kappa shape index (κ2) is 5.25. The number of aryl methyl sites for hydroxylation is 1. The van der Waals surface area contributed by atoms with E-state index in [2.05, 4.69) is 25.4 Å². The first-order chi connectivity index (χ1) is 13.6. The van der Waals surface area contributed by atoms with Gasteiger partial charge in [-0.25, -0.2) is 9.37 Å². The average molecular weight is 374 g/mol. The van der Waals surface area contributed by atoms with Crippen LogP contribution in [0.4, 0.5) is 4.39 Å². The second-order valence-corrected chi connectivity index (χ2v) is 7.32. The predicted octanol–water partition coefficient (Wildman–Crippen LogP) is 3.46. The fraction of sp³-hybridized carbons (Fsp3) is 0.200. The van der Waals surface area contributed by atoms with Crippen LogP contribution in [0.2, 0.25) is 0 Å². The van der Waals surface area contributed by atoms with Gasteiger partial charge in [-0.05, 0) is 38.0 Å². The van der Waals surface area contributed by atoms with Crippen molar-refractivity contribution in [1.82, 2.24) is 29.9 Å². The molecule has 0 amide bonds. The van der Waals surface area contributed by atoms with Gasteiger partial charge in [0.25, 0.3) is 5.56 Å². The maximum atomic E-state index is 14.8. The summed E-state index contributed by atoms with van der Waals surface area (Å²) in [6.07, 6.45) is 3.52. The molecule has 5 aromatic rings. The maximum Gasteiger partial charge on any atom is 0.285 e. The van der Waals surface area contributed by atoms with Crippen LogP contribution < -0.4 is 5.56 Å². The van der Waals surface area contributed by atoms with E-state index in [0.29, 0.717) is 33.5 Å². The SMILES string of the molecule is Cc1[nH]nc2c(=O)n(-c3cccc4[nH]ncc34)c3nc(C4CC4)c(F)cc3c12. The molecule has 1 aromatic carbocycles. The second-order valence-electron chi connectivity index (χ2n) is 7.32. The zero-order chi connectivity index (χ0) is 19.0. The molecule has 1 aliphatic carbocycles. The van der Waals surface area contributed by atoms with Gasteiger partial charge in [-0.2, -0.15) is 10.2 Å². The Hall–Kier alpha value is -3.55. The van der Waals surface area contributed by atoms with Crippen LogP contribution in [0.15, 0.2) is 35.3 Å². The van der Waals surface area contributed by atoms with E-state index in [1.54, 1.807) is 6.20 Å². The van der Waals surface area contributed by atoms with Gasteiger partial charge in [-0.1, -0.05) is 6.07 Å². The monoisotopic (exact) mass is 374 g/mol. The zero-order valence-electron chi connectivity index (χ0n) is 15.0. The van der Waals surface area contributed by atoms with Gasteiger partial charge in [0, 0.05) is 27.8 Å². The highest BCUT2D eigenvalue weighted by atomic mass is 19.1. The Balaban J connectivity index is 1.85. The number of benzene rings is 1. The van der Waals surface area contributed by atoms with Crippen molar-refractivity contribution >= 4 is 32.8 Å². The van der Waals surface area contributed by atoms with Crippen LogP contribution in [0.1, 0.15) is 30.1 Å². The number of aromatic nitrogens is 6. The molecular weight excluding hydrogens is 359 g/mol. The van der Waals surface area contributed by atoms with E-state index in [9.17, 15) is 9.18 Å². The number of nitrogens with one attached hydrogen (secondary N) is 2. The molecule has 7 nitrogen and oxygen atoms in total. The number of hydrogen-bond acceptors (Lipinski definition) is 4. The van der Waals surface area contributed by atoms with Crippen molar-refractivity contribution in [1.29, 1.82) is 0 Å². The van der Waals surface area contributed by atoms with Crippen molar-refractivity contribution < 1.29 is 4.39 Å². The normalized spacial score (nSPS) is 14.5. The molecule has 0 unspecified atom stereocenters. The van der Waals surface area contributed by atoms with Gasteiger partial charge in [0.15, 0.2) is 5.52 Å². The number of hydrogen-bond donors (Lipinski definition) is 2. The lowest BCUT2D eigenvalue weighted by atomic mass is 10.1. The van der Waals surface area contributed by atoms with E-state index < -0.39 is 0 Å². The molecule has 0 spiro atoms. The van der Waals surface area contributed by atoms with E-state index in [0.717, 1.165) is 23.7 Å². The summed E-state index contributed by atoms with van der Waals surface area (Å²) in [7, 11) is 0. The summed E-state index contributed by atoms with van der Waals surface area (Å²) >= 11 is 0. The van der Waals surface area contributed by atoms with Crippen molar-refractivity contribution in [2.24, 2.45) is 0 Å². The van der Waals surface area contributed by atoms with Gasteiger partial charge >= 0.3 is 0 Å². The minimum Gasteiger partial charge on any atom is -0.281 e. The summed E-state index contributed by atoms with van der Waals surface area (Å²) in [6.45, 7) is 1.82. The first kappa shape index (κ1) is 15.5. The Bertz CT molecular complexity index is 1470. The average Bonchev–Trinajstić information content (AvgIpc) is 3.27. The maximum absolute atomic E-state index is 14.8. The Morgan fingerprint density at radius 3 is 2.89 bits per heavy atom. The molecule has 1 saturated carbocycles.